The van der Waals surface area contributed by atoms with Gasteiger partial charge in [0.15, 0.2) is 0 Å². The van der Waals surface area contributed by atoms with Crippen molar-refractivity contribution < 1.29 is 4.79 Å². The fraction of sp³-hybridized carbons (Fsp3) is 0.933. The Morgan fingerprint density at radius 1 is 1.16 bits per heavy atom. The van der Waals surface area contributed by atoms with Crippen LogP contribution in [0, 0.1) is 5.41 Å². The van der Waals surface area contributed by atoms with Crippen LogP contribution in [0.5, 0.6) is 0 Å². The zero-order valence-corrected chi connectivity index (χ0v) is 12.5. The third kappa shape index (κ3) is 3.48. The molecule has 110 valence electrons. The summed E-state index contributed by atoms with van der Waals surface area (Å²) in [4.78, 5) is 14.1. The second-order valence-electron chi connectivity index (χ2n) is 7.32. The summed E-state index contributed by atoms with van der Waals surface area (Å²) in [6, 6.07) is 0.445. The van der Waals surface area contributed by atoms with Gasteiger partial charge in [-0.1, -0.05) is 13.8 Å². The average molecular weight is 267 g/mol. The summed E-state index contributed by atoms with van der Waals surface area (Å²) in [6.45, 7) is 6.98. The molecule has 0 spiro atoms. The Balaban J connectivity index is 2.00. The minimum atomic E-state index is -0.773. The molecule has 2 aliphatic rings. The van der Waals surface area contributed by atoms with Crippen LogP contribution in [0.25, 0.3) is 0 Å². The van der Waals surface area contributed by atoms with E-state index in [0.29, 0.717) is 11.5 Å². The molecule has 1 saturated heterocycles. The van der Waals surface area contributed by atoms with E-state index < -0.39 is 5.54 Å². The van der Waals surface area contributed by atoms with Crippen LogP contribution in [-0.4, -0.2) is 35.5 Å². The number of amides is 1. The summed E-state index contributed by atoms with van der Waals surface area (Å²) in [5.41, 5.74) is 11.4. The van der Waals surface area contributed by atoms with Crippen molar-refractivity contribution in [1.82, 2.24) is 4.90 Å². The van der Waals surface area contributed by atoms with E-state index in [1.807, 2.05) is 0 Å². The van der Waals surface area contributed by atoms with Gasteiger partial charge in [0.1, 0.15) is 0 Å². The van der Waals surface area contributed by atoms with E-state index in [1.165, 1.54) is 19.3 Å². The first kappa shape index (κ1) is 14.8. The van der Waals surface area contributed by atoms with E-state index in [1.54, 1.807) is 0 Å². The summed E-state index contributed by atoms with van der Waals surface area (Å²) >= 11 is 0. The van der Waals surface area contributed by atoms with Crippen LogP contribution in [0.1, 0.15) is 58.8 Å². The van der Waals surface area contributed by atoms with Crippen LogP contribution in [0.15, 0.2) is 0 Å². The van der Waals surface area contributed by atoms with Gasteiger partial charge < -0.3 is 16.4 Å². The molecule has 4 nitrogen and oxygen atoms in total. The summed E-state index contributed by atoms with van der Waals surface area (Å²) in [6.07, 6.45) is 7.44. The molecule has 4 heteroatoms. The van der Waals surface area contributed by atoms with E-state index >= 15 is 0 Å². The highest BCUT2D eigenvalue weighted by molar-refractivity contribution is 5.84. The third-order valence-corrected chi connectivity index (χ3v) is 5.14. The molecule has 0 radical (unpaired) electrons. The second kappa shape index (κ2) is 5.41. The highest BCUT2D eigenvalue weighted by Crippen LogP contribution is 2.34. The maximum atomic E-state index is 11.6. The first-order valence-corrected chi connectivity index (χ1v) is 7.65. The van der Waals surface area contributed by atoms with Crippen molar-refractivity contribution in [3.05, 3.63) is 0 Å². The first-order chi connectivity index (χ1) is 8.82. The van der Waals surface area contributed by atoms with Gasteiger partial charge in [-0.05, 0) is 63.5 Å². The Morgan fingerprint density at radius 2 is 1.89 bits per heavy atom. The van der Waals surface area contributed by atoms with Crippen molar-refractivity contribution in [3.8, 4) is 0 Å². The van der Waals surface area contributed by atoms with Crippen LogP contribution in [0.3, 0.4) is 0 Å². The van der Waals surface area contributed by atoms with Crippen LogP contribution >= 0.6 is 0 Å². The predicted octanol–water partition coefficient (Wildman–Crippen LogP) is 1.62. The fourth-order valence-corrected chi connectivity index (χ4v) is 3.62. The Hall–Kier alpha value is -0.610. The molecule has 1 heterocycles. The summed E-state index contributed by atoms with van der Waals surface area (Å²) in [5.74, 6) is -0.327. The van der Waals surface area contributed by atoms with Crippen molar-refractivity contribution in [2.75, 3.05) is 13.1 Å². The van der Waals surface area contributed by atoms with Gasteiger partial charge >= 0.3 is 0 Å². The predicted molar refractivity (Wildman–Crippen MR) is 77.6 cm³/mol. The number of primary amides is 1. The number of hydrogen-bond donors (Lipinski definition) is 2. The molecule has 1 saturated carbocycles. The van der Waals surface area contributed by atoms with E-state index in [4.69, 9.17) is 11.5 Å². The zero-order valence-electron chi connectivity index (χ0n) is 12.5. The van der Waals surface area contributed by atoms with Gasteiger partial charge in [-0.15, -0.1) is 0 Å². The molecule has 1 aliphatic carbocycles. The minimum absolute atomic E-state index is 0.327. The maximum Gasteiger partial charge on any atom is 0.237 e. The summed E-state index contributed by atoms with van der Waals surface area (Å²) in [5, 5.41) is 0. The third-order valence-electron chi connectivity index (χ3n) is 5.14. The highest BCUT2D eigenvalue weighted by atomic mass is 16.1. The zero-order chi connectivity index (χ0) is 14.1. The molecular weight excluding hydrogens is 238 g/mol. The largest absolute Gasteiger partial charge is 0.368 e. The molecular formula is C15H29N3O. The Kier molecular flexibility index (Phi) is 4.21. The lowest BCUT2D eigenvalue weighted by Crippen LogP contribution is -2.58. The van der Waals surface area contributed by atoms with Crippen LogP contribution in [-0.2, 0) is 4.79 Å². The molecule has 19 heavy (non-hydrogen) atoms. The van der Waals surface area contributed by atoms with Crippen molar-refractivity contribution in [1.29, 1.82) is 0 Å². The van der Waals surface area contributed by atoms with Gasteiger partial charge in [-0.3, -0.25) is 4.79 Å². The van der Waals surface area contributed by atoms with Gasteiger partial charge in [0.25, 0.3) is 0 Å². The molecule has 2 fully saturated rings. The number of hydrogen-bond acceptors (Lipinski definition) is 3. The SMILES string of the molecule is CC1(C)CCCN(C2CCCC(N)(C(N)=O)C2)CC1. The van der Waals surface area contributed by atoms with E-state index in [2.05, 4.69) is 18.7 Å². The molecule has 2 atom stereocenters. The van der Waals surface area contributed by atoms with Crippen molar-refractivity contribution in [3.63, 3.8) is 0 Å². The molecule has 4 N–H and O–H groups in total. The monoisotopic (exact) mass is 267 g/mol. The van der Waals surface area contributed by atoms with E-state index in [-0.39, 0.29) is 5.91 Å². The molecule has 0 aromatic carbocycles. The molecule has 0 aromatic heterocycles. The molecule has 0 aromatic rings. The van der Waals surface area contributed by atoms with Crippen LogP contribution in [0.4, 0.5) is 0 Å². The van der Waals surface area contributed by atoms with Crippen LogP contribution in [0.2, 0.25) is 0 Å². The Morgan fingerprint density at radius 3 is 2.58 bits per heavy atom. The van der Waals surface area contributed by atoms with E-state index in [0.717, 1.165) is 38.8 Å². The van der Waals surface area contributed by atoms with Gasteiger partial charge in [0.2, 0.25) is 5.91 Å². The smallest absolute Gasteiger partial charge is 0.237 e. The molecule has 0 bridgehead atoms. The van der Waals surface area contributed by atoms with E-state index in [9.17, 15) is 4.79 Å². The van der Waals surface area contributed by atoms with Gasteiger partial charge in [0, 0.05) is 6.04 Å². The summed E-state index contributed by atoms with van der Waals surface area (Å²) < 4.78 is 0. The number of carbonyl (C=O) groups is 1. The lowest BCUT2D eigenvalue weighted by Gasteiger charge is -2.41. The second-order valence-corrected chi connectivity index (χ2v) is 7.32. The molecule has 2 unspecified atom stereocenters. The van der Waals surface area contributed by atoms with Gasteiger partial charge in [-0.2, -0.15) is 0 Å². The van der Waals surface area contributed by atoms with Crippen LogP contribution < -0.4 is 11.5 Å². The lowest BCUT2D eigenvalue weighted by atomic mass is 9.78. The molecule has 2 rings (SSSR count). The standard InChI is InChI=1S/C15H29N3O/c1-14(2)6-4-9-18(10-8-14)12-5-3-7-15(17,11-12)13(16)19/h12H,3-11,17H2,1-2H3,(H2,16,19). The highest BCUT2D eigenvalue weighted by Gasteiger charge is 2.40. The first-order valence-electron chi connectivity index (χ1n) is 7.65. The molecule has 1 amide bonds. The average Bonchev–Trinajstić information content (AvgIpc) is 2.50. The number of rotatable bonds is 2. The quantitative estimate of drug-likeness (QED) is 0.798. The number of nitrogens with zero attached hydrogens (tertiary/aromatic N) is 1. The topological polar surface area (TPSA) is 72.3 Å². The number of likely N-dealkylation sites (tertiary alicyclic amines) is 1. The van der Waals surface area contributed by atoms with Gasteiger partial charge in [0.05, 0.1) is 5.54 Å². The molecule has 1 aliphatic heterocycles. The van der Waals surface area contributed by atoms with Crippen molar-refractivity contribution >= 4 is 5.91 Å². The fourth-order valence-electron chi connectivity index (χ4n) is 3.62. The Bertz CT molecular complexity index is 342. The number of carbonyl (C=O) groups excluding carboxylic acids is 1. The van der Waals surface area contributed by atoms with Gasteiger partial charge in [-0.25, -0.2) is 0 Å². The number of nitrogens with two attached hydrogens (primary N) is 2. The lowest BCUT2D eigenvalue weighted by molar-refractivity contribution is -0.125. The Labute approximate surface area is 116 Å². The summed E-state index contributed by atoms with van der Waals surface area (Å²) in [7, 11) is 0. The van der Waals surface area contributed by atoms with Crippen molar-refractivity contribution in [2.24, 2.45) is 16.9 Å². The maximum absolute atomic E-state index is 11.6. The van der Waals surface area contributed by atoms with Crippen molar-refractivity contribution in [2.45, 2.75) is 70.4 Å². The normalized spacial score (nSPS) is 36.7. The minimum Gasteiger partial charge on any atom is -0.368 e.